The minimum Gasteiger partial charge on any atom is -0.460 e. The highest BCUT2D eigenvalue weighted by Crippen LogP contribution is 2.37. The lowest BCUT2D eigenvalue weighted by Gasteiger charge is -2.18. The Hall–Kier alpha value is -1.31. The number of pyridine rings is 1. The Kier molecular flexibility index (Phi) is 2.53. The number of hydrogen-bond donors (Lipinski definition) is 0. The topological polar surface area (TPSA) is 26.0 Å². The second-order valence-electron chi connectivity index (χ2n) is 5.62. The van der Waals surface area contributed by atoms with E-state index in [2.05, 4.69) is 39.6 Å². The number of hydrogen-bond acceptors (Lipinski definition) is 2. The summed E-state index contributed by atoms with van der Waals surface area (Å²) in [7, 11) is 0. The molecule has 2 aromatic heterocycles. The van der Waals surface area contributed by atoms with Crippen LogP contribution in [-0.4, -0.2) is 4.98 Å². The van der Waals surface area contributed by atoms with Crippen molar-refractivity contribution >= 4 is 11.0 Å². The number of nitrogens with zero attached hydrogens (tertiary/aromatic N) is 1. The van der Waals surface area contributed by atoms with Gasteiger partial charge in [0.1, 0.15) is 11.3 Å². The second-order valence-corrected chi connectivity index (χ2v) is 5.62. The number of furan rings is 1. The first-order chi connectivity index (χ1) is 7.41. The monoisotopic (exact) mass is 217 g/mol. The zero-order valence-electron chi connectivity index (χ0n) is 10.7. The molecule has 2 rings (SSSR count). The summed E-state index contributed by atoms with van der Waals surface area (Å²) in [6, 6.07) is 1.94. The second kappa shape index (κ2) is 3.62. The fourth-order valence-corrected chi connectivity index (χ4v) is 2.09. The molecule has 0 radical (unpaired) electrons. The standard InChI is InChI=1S/C14H19NO/c1-9(2)12-10-8-15-7-6-11(10)16-13(12)14(3,4)5/h6-9H,1-5H3. The van der Waals surface area contributed by atoms with Crippen LogP contribution < -0.4 is 0 Å². The molecule has 86 valence electrons. The highest BCUT2D eigenvalue weighted by atomic mass is 16.3. The third-order valence-corrected chi connectivity index (χ3v) is 2.79. The van der Waals surface area contributed by atoms with Gasteiger partial charge in [0, 0.05) is 28.8 Å². The van der Waals surface area contributed by atoms with E-state index in [0.29, 0.717) is 5.92 Å². The van der Waals surface area contributed by atoms with E-state index in [9.17, 15) is 0 Å². The van der Waals surface area contributed by atoms with Gasteiger partial charge < -0.3 is 4.42 Å². The van der Waals surface area contributed by atoms with Gasteiger partial charge in [-0.05, 0) is 12.0 Å². The van der Waals surface area contributed by atoms with Crippen LogP contribution in [0.4, 0.5) is 0 Å². The van der Waals surface area contributed by atoms with E-state index >= 15 is 0 Å². The molecule has 0 spiro atoms. The first kappa shape index (κ1) is 11.2. The highest BCUT2D eigenvalue weighted by Gasteiger charge is 2.26. The van der Waals surface area contributed by atoms with Crippen molar-refractivity contribution in [3.05, 3.63) is 29.8 Å². The maximum atomic E-state index is 5.98. The molecule has 0 atom stereocenters. The molecular formula is C14H19NO. The summed E-state index contributed by atoms with van der Waals surface area (Å²) in [4.78, 5) is 4.19. The fourth-order valence-electron chi connectivity index (χ4n) is 2.09. The van der Waals surface area contributed by atoms with Gasteiger partial charge in [0.05, 0.1) is 0 Å². The number of aromatic nitrogens is 1. The van der Waals surface area contributed by atoms with Crippen LogP contribution in [0.5, 0.6) is 0 Å². The molecule has 0 bridgehead atoms. The molecule has 0 N–H and O–H groups in total. The lowest BCUT2D eigenvalue weighted by molar-refractivity contribution is 0.421. The molecule has 16 heavy (non-hydrogen) atoms. The van der Waals surface area contributed by atoms with Crippen molar-refractivity contribution in [2.75, 3.05) is 0 Å². The molecule has 2 heterocycles. The van der Waals surface area contributed by atoms with Gasteiger partial charge in [0.15, 0.2) is 0 Å². The zero-order chi connectivity index (χ0) is 11.9. The lowest BCUT2D eigenvalue weighted by atomic mass is 9.86. The van der Waals surface area contributed by atoms with E-state index in [4.69, 9.17) is 4.42 Å². The van der Waals surface area contributed by atoms with Gasteiger partial charge in [0.25, 0.3) is 0 Å². The molecule has 0 aliphatic carbocycles. The molecule has 0 aliphatic heterocycles. The first-order valence-corrected chi connectivity index (χ1v) is 5.78. The van der Waals surface area contributed by atoms with Crippen LogP contribution in [0.25, 0.3) is 11.0 Å². The fraction of sp³-hybridized carbons (Fsp3) is 0.500. The van der Waals surface area contributed by atoms with Crippen LogP contribution in [0.15, 0.2) is 22.9 Å². The minimum absolute atomic E-state index is 0.0403. The normalized spacial score (nSPS) is 12.6. The third-order valence-electron chi connectivity index (χ3n) is 2.79. The van der Waals surface area contributed by atoms with Gasteiger partial charge >= 0.3 is 0 Å². The molecule has 0 unspecified atom stereocenters. The van der Waals surface area contributed by atoms with Crippen LogP contribution in [0.3, 0.4) is 0 Å². The number of fused-ring (bicyclic) bond motifs is 1. The summed E-state index contributed by atoms with van der Waals surface area (Å²) in [5.41, 5.74) is 2.29. The molecule has 2 heteroatoms. The van der Waals surface area contributed by atoms with Gasteiger partial charge in [-0.1, -0.05) is 34.6 Å². The van der Waals surface area contributed by atoms with Crippen molar-refractivity contribution in [3.8, 4) is 0 Å². The summed E-state index contributed by atoms with van der Waals surface area (Å²) < 4.78 is 5.98. The van der Waals surface area contributed by atoms with Crippen LogP contribution in [0, 0.1) is 0 Å². The summed E-state index contributed by atoms with van der Waals surface area (Å²) in [6.07, 6.45) is 3.69. The largest absolute Gasteiger partial charge is 0.460 e. The Morgan fingerprint density at radius 3 is 2.50 bits per heavy atom. The zero-order valence-corrected chi connectivity index (χ0v) is 10.7. The maximum absolute atomic E-state index is 5.98. The van der Waals surface area contributed by atoms with Gasteiger partial charge in [0.2, 0.25) is 0 Å². The maximum Gasteiger partial charge on any atom is 0.137 e. The van der Waals surface area contributed by atoms with Gasteiger partial charge in [-0.25, -0.2) is 0 Å². The van der Waals surface area contributed by atoms with Crippen LogP contribution in [-0.2, 0) is 5.41 Å². The van der Waals surface area contributed by atoms with Crippen LogP contribution in [0.2, 0.25) is 0 Å². The SMILES string of the molecule is CC(C)c1c(C(C)(C)C)oc2ccncc12. The molecular weight excluding hydrogens is 198 g/mol. The molecule has 0 fully saturated rings. The van der Waals surface area contributed by atoms with E-state index < -0.39 is 0 Å². The summed E-state index contributed by atoms with van der Waals surface area (Å²) in [6.45, 7) is 11.0. The number of rotatable bonds is 1. The lowest BCUT2D eigenvalue weighted by Crippen LogP contribution is -2.12. The molecule has 0 saturated carbocycles. The molecule has 0 saturated heterocycles. The Labute approximate surface area is 96.7 Å². The van der Waals surface area contributed by atoms with E-state index in [1.165, 1.54) is 5.56 Å². The Bertz CT molecular complexity index is 503. The Balaban J connectivity index is 2.78. The van der Waals surface area contributed by atoms with Crippen molar-refractivity contribution in [2.24, 2.45) is 0 Å². The van der Waals surface area contributed by atoms with Crippen molar-refractivity contribution in [1.82, 2.24) is 4.98 Å². The highest BCUT2D eigenvalue weighted by molar-refractivity contribution is 5.82. The molecule has 0 aliphatic rings. The third kappa shape index (κ3) is 1.73. The van der Waals surface area contributed by atoms with E-state index in [0.717, 1.165) is 16.7 Å². The average Bonchev–Trinajstić information content (AvgIpc) is 2.55. The van der Waals surface area contributed by atoms with Gasteiger partial charge in [-0.2, -0.15) is 0 Å². The molecule has 2 aromatic rings. The van der Waals surface area contributed by atoms with Crippen LogP contribution >= 0.6 is 0 Å². The Morgan fingerprint density at radius 1 is 1.25 bits per heavy atom. The van der Waals surface area contributed by atoms with Crippen LogP contribution in [0.1, 0.15) is 51.9 Å². The quantitative estimate of drug-likeness (QED) is 0.713. The summed E-state index contributed by atoms with van der Waals surface area (Å²) in [5, 5.41) is 1.16. The Morgan fingerprint density at radius 2 is 1.94 bits per heavy atom. The molecule has 0 aromatic carbocycles. The predicted molar refractivity (Wildman–Crippen MR) is 66.8 cm³/mol. The first-order valence-electron chi connectivity index (χ1n) is 5.78. The molecule has 2 nitrogen and oxygen atoms in total. The van der Waals surface area contributed by atoms with Gasteiger partial charge in [-0.3, -0.25) is 4.98 Å². The van der Waals surface area contributed by atoms with E-state index in [1.54, 1.807) is 6.20 Å². The minimum atomic E-state index is 0.0403. The van der Waals surface area contributed by atoms with E-state index in [-0.39, 0.29) is 5.41 Å². The summed E-state index contributed by atoms with van der Waals surface area (Å²) >= 11 is 0. The summed E-state index contributed by atoms with van der Waals surface area (Å²) in [5.74, 6) is 1.55. The predicted octanol–water partition coefficient (Wildman–Crippen LogP) is 4.25. The van der Waals surface area contributed by atoms with Crippen molar-refractivity contribution in [3.63, 3.8) is 0 Å². The average molecular weight is 217 g/mol. The molecule has 0 amide bonds. The van der Waals surface area contributed by atoms with E-state index in [1.807, 2.05) is 12.3 Å². The van der Waals surface area contributed by atoms with Crippen molar-refractivity contribution < 1.29 is 4.42 Å². The van der Waals surface area contributed by atoms with Gasteiger partial charge in [-0.15, -0.1) is 0 Å². The van der Waals surface area contributed by atoms with Crippen molar-refractivity contribution in [2.45, 2.75) is 46.0 Å². The van der Waals surface area contributed by atoms with Crippen molar-refractivity contribution in [1.29, 1.82) is 0 Å². The smallest absolute Gasteiger partial charge is 0.137 e.